The maximum absolute atomic E-state index is 13.7. The van der Waals surface area contributed by atoms with Gasteiger partial charge in [-0.15, -0.1) is 10.2 Å². The Balaban J connectivity index is 1.33. The summed E-state index contributed by atoms with van der Waals surface area (Å²) in [7, 11) is 0. The molecule has 8 nitrogen and oxygen atoms in total. The number of nitrogens with one attached hydrogen (secondary N) is 2. The number of hydrogen-bond donors (Lipinski definition) is 2. The summed E-state index contributed by atoms with van der Waals surface area (Å²) < 4.78 is 26.7. The molecule has 4 aromatic rings. The van der Waals surface area contributed by atoms with E-state index in [2.05, 4.69) is 26.0 Å². The molecule has 1 aromatic heterocycles. The second-order valence-electron chi connectivity index (χ2n) is 7.06. The maximum Gasteiger partial charge on any atom is 0.258 e. The van der Waals surface area contributed by atoms with Crippen molar-refractivity contribution in [2.75, 3.05) is 5.32 Å². The standard InChI is InChI=1S/C23H18F2N6O2/c24-17-9-5-15(6-10-17)13-26-21(32)14-31-29-22(28-30-31)16-7-11-18(12-8-16)27-23(33)19-3-1-2-4-20(19)25/h1-12H,13-14H2,(H,26,32)(H,27,33). The fraction of sp³-hybridized carbons (Fsp3) is 0.0870. The predicted octanol–water partition coefficient (Wildman–Crippen LogP) is 3.19. The maximum atomic E-state index is 13.7. The number of nitrogens with zero attached hydrogens (tertiary/aromatic N) is 4. The van der Waals surface area contributed by atoms with Crippen molar-refractivity contribution in [2.24, 2.45) is 0 Å². The van der Waals surface area contributed by atoms with Crippen molar-refractivity contribution in [3.8, 4) is 11.4 Å². The number of anilines is 1. The first kappa shape index (κ1) is 21.8. The summed E-state index contributed by atoms with van der Waals surface area (Å²) in [5.74, 6) is -1.53. The molecule has 166 valence electrons. The van der Waals surface area contributed by atoms with Crippen LogP contribution in [-0.4, -0.2) is 32.0 Å². The van der Waals surface area contributed by atoms with Crippen molar-refractivity contribution >= 4 is 17.5 Å². The summed E-state index contributed by atoms with van der Waals surface area (Å²) >= 11 is 0. The van der Waals surface area contributed by atoms with Crippen molar-refractivity contribution in [1.29, 1.82) is 0 Å². The first-order valence-corrected chi connectivity index (χ1v) is 9.93. The molecule has 0 aliphatic carbocycles. The number of halogens is 2. The molecule has 0 spiro atoms. The average molecular weight is 448 g/mol. The molecule has 0 saturated carbocycles. The largest absolute Gasteiger partial charge is 0.350 e. The molecule has 0 saturated heterocycles. The lowest BCUT2D eigenvalue weighted by Gasteiger charge is -2.06. The van der Waals surface area contributed by atoms with Crippen LogP contribution in [0.5, 0.6) is 0 Å². The number of carbonyl (C=O) groups excluding carboxylic acids is 2. The lowest BCUT2D eigenvalue weighted by molar-refractivity contribution is -0.122. The zero-order valence-electron chi connectivity index (χ0n) is 17.2. The fourth-order valence-corrected chi connectivity index (χ4v) is 2.96. The molecule has 4 rings (SSSR count). The molecule has 2 N–H and O–H groups in total. The van der Waals surface area contributed by atoms with Gasteiger partial charge < -0.3 is 10.6 Å². The third-order valence-electron chi connectivity index (χ3n) is 4.66. The van der Waals surface area contributed by atoms with Gasteiger partial charge in [-0.1, -0.05) is 24.3 Å². The normalized spacial score (nSPS) is 10.6. The minimum Gasteiger partial charge on any atom is -0.350 e. The number of benzene rings is 3. The first-order chi connectivity index (χ1) is 16.0. The van der Waals surface area contributed by atoms with Crippen LogP contribution in [0.1, 0.15) is 15.9 Å². The van der Waals surface area contributed by atoms with Crippen LogP contribution in [0.2, 0.25) is 0 Å². The molecular weight excluding hydrogens is 430 g/mol. The van der Waals surface area contributed by atoms with Gasteiger partial charge in [-0.05, 0) is 59.3 Å². The van der Waals surface area contributed by atoms with Crippen LogP contribution in [-0.2, 0) is 17.9 Å². The van der Waals surface area contributed by atoms with Crippen LogP contribution >= 0.6 is 0 Å². The molecule has 0 fully saturated rings. The van der Waals surface area contributed by atoms with Crippen LogP contribution in [0.15, 0.2) is 72.8 Å². The SMILES string of the molecule is O=C(Cn1nnc(-c2ccc(NC(=O)c3ccccc3F)cc2)n1)NCc1ccc(F)cc1. The Morgan fingerprint density at radius 1 is 0.909 bits per heavy atom. The summed E-state index contributed by atoms with van der Waals surface area (Å²) in [6.45, 7) is 0.117. The Bertz CT molecular complexity index is 1270. The molecule has 0 radical (unpaired) electrons. The van der Waals surface area contributed by atoms with Crippen LogP contribution in [0.25, 0.3) is 11.4 Å². The van der Waals surface area contributed by atoms with Crippen molar-refractivity contribution in [1.82, 2.24) is 25.5 Å². The van der Waals surface area contributed by atoms with Gasteiger partial charge in [-0.2, -0.15) is 4.80 Å². The molecule has 0 atom stereocenters. The van der Waals surface area contributed by atoms with Crippen molar-refractivity contribution in [3.63, 3.8) is 0 Å². The Hall–Kier alpha value is -4.47. The monoisotopic (exact) mass is 448 g/mol. The number of carbonyl (C=O) groups is 2. The predicted molar refractivity (Wildman–Crippen MR) is 116 cm³/mol. The Morgan fingerprint density at radius 3 is 2.36 bits per heavy atom. The molecule has 10 heteroatoms. The summed E-state index contributed by atoms with van der Waals surface area (Å²) in [6.07, 6.45) is 0. The van der Waals surface area contributed by atoms with Gasteiger partial charge in [0.15, 0.2) is 0 Å². The summed E-state index contributed by atoms with van der Waals surface area (Å²) in [5, 5.41) is 17.3. The molecule has 0 unspecified atom stereocenters. The quantitative estimate of drug-likeness (QED) is 0.452. The van der Waals surface area contributed by atoms with Gasteiger partial charge >= 0.3 is 0 Å². The zero-order chi connectivity index (χ0) is 23.2. The lowest BCUT2D eigenvalue weighted by atomic mass is 10.1. The highest BCUT2D eigenvalue weighted by Gasteiger charge is 2.12. The number of tetrazole rings is 1. The summed E-state index contributed by atoms with van der Waals surface area (Å²) in [5.41, 5.74) is 1.81. The molecule has 0 aliphatic rings. The van der Waals surface area contributed by atoms with Gasteiger partial charge in [0.1, 0.15) is 18.2 Å². The number of rotatable bonds is 7. The topological polar surface area (TPSA) is 102 Å². The Labute approximate surface area is 187 Å². The van der Waals surface area contributed by atoms with Crippen molar-refractivity contribution < 1.29 is 18.4 Å². The third kappa shape index (κ3) is 5.62. The van der Waals surface area contributed by atoms with Crippen LogP contribution in [0.3, 0.4) is 0 Å². The van der Waals surface area contributed by atoms with Crippen molar-refractivity contribution in [3.05, 3.63) is 95.6 Å². The highest BCUT2D eigenvalue weighted by atomic mass is 19.1. The van der Waals surface area contributed by atoms with E-state index in [-0.39, 0.29) is 30.4 Å². The van der Waals surface area contributed by atoms with E-state index in [0.717, 1.165) is 10.4 Å². The Kier molecular flexibility index (Phi) is 6.44. The van der Waals surface area contributed by atoms with Gasteiger partial charge in [0.05, 0.1) is 5.56 Å². The Morgan fingerprint density at radius 2 is 1.64 bits per heavy atom. The van der Waals surface area contributed by atoms with Gasteiger partial charge in [-0.3, -0.25) is 9.59 Å². The highest BCUT2D eigenvalue weighted by molar-refractivity contribution is 6.04. The molecular formula is C23H18F2N6O2. The van der Waals surface area contributed by atoms with E-state index in [1.165, 1.54) is 30.3 Å². The summed E-state index contributed by atoms with van der Waals surface area (Å²) in [4.78, 5) is 25.5. The van der Waals surface area contributed by atoms with E-state index >= 15 is 0 Å². The number of aromatic nitrogens is 4. The fourth-order valence-electron chi connectivity index (χ4n) is 2.96. The van der Waals surface area contributed by atoms with Gasteiger partial charge in [-0.25, -0.2) is 8.78 Å². The number of amides is 2. The van der Waals surface area contributed by atoms with Gasteiger partial charge in [0, 0.05) is 17.8 Å². The third-order valence-corrected chi connectivity index (χ3v) is 4.66. The second-order valence-corrected chi connectivity index (χ2v) is 7.06. The van der Waals surface area contributed by atoms with E-state index in [0.29, 0.717) is 17.1 Å². The van der Waals surface area contributed by atoms with Crippen LogP contribution < -0.4 is 10.6 Å². The zero-order valence-corrected chi connectivity index (χ0v) is 17.2. The first-order valence-electron chi connectivity index (χ1n) is 9.93. The van der Waals surface area contributed by atoms with Gasteiger partial charge in [0.2, 0.25) is 11.7 Å². The molecule has 0 aliphatic heterocycles. The van der Waals surface area contributed by atoms with E-state index < -0.39 is 11.7 Å². The van der Waals surface area contributed by atoms with E-state index in [1.54, 1.807) is 42.5 Å². The van der Waals surface area contributed by atoms with E-state index in [4.69, 9.17) is 0 Å². The molecule has 33 heavy (non-hydrogen) atoms. The molecule has 3 aromatic carbocycles. The number of hydrogen-bond acceptors (Lipinski definition) is 5. The highest BCUT2D eigenvalue weighted by Crippen LogP contribution is 2.18. The van der Waals surface area contributed by atoms with Gasteiger partial charge in [0.25, 0.3) is 5.91 Å². The molecule has 0 bridgehead atoms. The summed E-state index contributed by atoms with van der Waals surface area (Å²) in [6, 6.07) is 18.1. The van der Waals surface area contributed by atoms with Crippen LogP contribution in [0, 0.1) is 11.6 Å². The smallest absolute Gasteiger partial charge is 0.258 e. The molecule has 1 heterocycles. The minimum absolute atomic E-state index is 0.0520. The van der Waals surface area contributed by atoms with Crippen molar-refractivity contribution in [2.45, 2.75) is 13.1 Å². The average Bonchev–Trinajstić information content (AvgIpc) is 3.28. The van der Waals surface area contributed by atoms with E-state index in [9.17, 15) is 18.4 Å². The van der Waals surface area contributed by atoms with Crippen LogP contribution in [0.4, 0.5) is 14.5 Å². The molecule has 2 amide bonds. The lowest BCUT2D eigenvalue weighted by Crippen LogP contribution is -2.28. The van der Waals surface area contributed by atoms with E-state index in [1.807, 2.05) is 0 Å². The minimum atomic E-state index is -0.603. The second kappa shape index (κ2) is 9.77.